The van der Waals surface area contributed by atoms with Gasteiger partial charge in [0.15, 0.2) is 4.77 Å². The maximum absolute atomic E-state index is 5.24. The molecule has 1 aromatic heterocycles. The summed E-state index contributed by atoms with van der Waals surface area (Å²) in [5, 5.41) is 7.35. The van der Waals surface area contributed by atoms with E-state index in [1.165, 1.54) is 32.1 Å². The van der Waals surface area contributed by atoms with E-state index in [4.69, 9.17) is 12.2 Å². The number of H-pyrrole nitrogens is 1. The molecule has 0 aromatic carbocycles. The zero-order chi connectivity index (χ0) is 10.9. The van der Waals surface area contributed by atoms with E-state index in [0.29, 0.717) is 0 Å². The van der Waals surface area contributed by atoms with E-state index in [-0.39, 0.29) is 5.41 Å². The highest BCUT2D eigenvalue weighted by atomic mass is 32.1. The van der Waals surface area contributed by atoms with Gasteiger partial charge in [-0.25, -0.2) is 0 Å². The minimum absolute atomic E-state index is 0.238. The summed E-state index contributed by atoms with van der Waals surface area (Å²) >= 11 is 5.24. The largest absolute Gasteiger partial charge is 0.304 e. The zero-order valence-corrected chi connectivity index (χ0v) is 10.4. The molecule has 1 fully saturated rings. The minimum Gasteiger partial charge on any atom is -0.304 e. The van der Waals surface area contributed by atoms with Crippen molar-refractivity contribution in [3.63, 3.8) is 0 Å². The van der Waals surface area contributed by atoms with Gasteiger partial charge in [-0.05, 0) is 32.0 Å². The SMILES string of the molecule is CCn1c(C2(C)CCCCC2)n[nH]c1=S. The third-order valence-corrected chi connectivity index (χ3v) is 3.88. The van der Waals surface area contributed by atoms with Gasteiger partial charge in [-0.2, -0.15) is 5.10 Å². The Hall–Kier alpha value is -0.640. The Labute approximate surface area is 95.9 Å². The summed E-state index contributed by atoms with van der Waals surface area (Å²) in [5.74, 6) is 1.16. The molecule has 1 saturated carbocycles. The molecule has 1 aliphatic carbocycles. The van der Waals surface area contributed by atoms with Gasteiger partial charge in [0, 0.05) is 12.0 Å². The van der Waals surface area contributed by atoms with E-state index in [2.05, 4.69) is 28.6 Å². The summed E-state index contributed by atoms with van der Waals surface area (Å²) in [7, 11) is 0. The summed E-state index contributed by atoms with van der Waals surface area (Å²) in [6, 6.07) is 0. The van der Waals surface area contributed by atoms with Crippen LogP contribution in [0.15, 0.2) is 0 Å². The minimum atomic E-state index is 0.238. The first-order valence-electron chi connectivity index (χ1n) is 5.83. The fourth-order valence-electron chi connectivity index (χ4n) is 2.63. The third-order valence-electron chi connectivity index (χ3n) is 3.57. The van der Waals surface area contributed by atoms with Crippen molar-refractivity contribution in [2.24, 2.45) is 0 Å². The molecule has 3 nitrogen and oxygen atoms in total. The first kappa shape index (κ1) is 10.9. The van der Waals surface area contributed by atoms with E-state index >= 15 is 0 Å². The molecule has 2 rings (SSSR count). The van der Waals surface area contributed by atoms with Crippen molar-refractivity contribution in [1.29, 1.82) is 0 Å². The van der Waals surface area contributed by atoms with Gasteiger partial charge in [0.2, 0.25) is 0 Å². The lowest BCUT2D eigenvalue weighted by atomic mass is 9.75. The van der Waals surface area contributed by atoms with Gasteiger partial charge in [0.1, 0.15) is 5.82 Å². The molecule has 0 spiro atoms. The highest BCUT2D eigenvalue weighted by molar-refractivity contribution is 7.71. The second-order valence-corrected chi connectivity index (χ2v) is 5.10. The lowest BCUT2D eigenvalue weighted by Crippen LogP contribution is -2.29. The number of hydrogen-bond donors (Lipinski definition) is 1. The number of nitrogens with zero attached hydrogens (tertiary/aromatic N) is 2. The number of hydrogen-bond acceptors (Lipinski definition) is 2. The summed E-state index contributed by atoms with van der Waals surface area (Å²) in [4.78, 5) is 0. The monoisotopic (exact) mass is 225 g/mol. The Kier molecular flexibility index (Phi) is 2.96. The topological polar surface area (TPSA) is 33.6 Å². The molecule has 1 heterocycles. The molecule has 0 atom stereocenters. The van der Waals surface area contributed by atoms with Gasteiger partial charge in [0.25, 0.3) is 0 Å². The summed E-state index contributed by atoms with van der Waals surface area (Å²) < 4.78 is 2.90. The van der Waals surface area contributed by atoms with Crippen molar-refractivity contribution in [3.05, 3.63) is 10.6 Å². The standard InChI is InChI=1S/C11H19N3S/c1-3-14-9(12-13-10(14)15)11(2)7-5-4-6-8-11/h3-8H2,1-2H3,(H,13,15). The third kappa shape index (κ3) is 1.87. The van der Waals surface area contributed by atoms with Crippen LogP contribution in [0.4, 0.5) is 0 Å². The normalized spacial score (nSPS) is 20.4. The smallest absolute Gasteiger partial charge is 0.195 e. The molecule has 0 unspecified atom stereocenters. The summed E-state index contributed by atoms with van der Waals surface area (Å²) in [6.45, 7) is 5.37. The van der Waals surface area contributed by atoms with Crippen LogP contribution in [0, 0.1) is 4.77 Å². The lowest BCUT2D eigenvalue weighted by Gasteiger charge is -2.32. The molecule has 15 heavy (non-hydrogen) atoms. The molecule has 0 aliphatic heterocycles. The molecule has 0 saturated heterocycles. The highest BCUT2D eigenvalue weighted by Gasteiger charge is 2.33. The second-order valence-electron chi connectivity index (χ2n) is 4.72. The number of rotatable bonds is 2. The van der Waals surface area contributed by atoms with Crippen LogP contribution in [0.1, 0.15) is 51.8 Å². The highest BCUT2D eigenvalue weighted by Crippen LogP contribution is 2.37. The van der Waals surface area contributed by atoms with Crippen LogP contribution in [0.2, 0.25) is 0 Å². The van der Waals surface area contributed by atoms with Gasteiger partial charge < -0.3 is 4.57 Å². The second kappa shape index (κ2) is 4.08. The van der Waals surface area contributed by atoms with Gasteiger partial charge in [0.05, 0.1) is 0 Å². The Balaban J connectivity index is 2.38. The number of aromatic amines is 1. The van der Waals surface area contributed by atoms with E-state index in [0.717, 1.165) is 17.1 Å². The maximum Gasteiger partial charge on any atom is 0.195 e. The van der Waals surface area contributed by atoms with Crippen LogP contribution in [0.3, 0.4) is 0 Å². The van der Waals surface area contributed by atoms with E-state index in [1.54, 1.807) is 0 Å². The van der Waals surface area contributed by atoms with Crippen molar-refractivity contribution in [1.82, 2.24) is 14.8 Å². The molecule has 1 N–H and O–H groups in total. The van der Waals surface area contributed by atoms with Crippen molar-refractivity contribution in [2.75, 3.05) is 0 Å². The van der Waals surface area contributed by atoms with Crippen LogP contribution in [0.5, 0.6) is 0 Å². The average Bonchev–Trinajstić information content (AvgIpc) is 2.61. The summed E-state index contributed by atoms with van der Waals surface area (Å²) in [5.41, 5.74) is 0.238. The molecule has 0 bridgehead atoms. The van der Waals surface area contributed by atoms with Gasteiger partial charge in [-0.3, -0.25) is 5.10 Å². The first-order chi connectivity index (χ1) is 7.17. The average molecular weight is 225 g/mol. The van der Waals surface area contributed by atoms with Crippen molar-refractivity contribution < 1.29 is 0 Å². The Morgan fingerprint density at radius 2 is 2.07 bits per heavy atom. The molecule has 1 aromatic rings. The van der Waals surface area contributed by atoms with E-state index < -0.39 is 0 Å². The van der Waals surface area contributed by atoms with Crippen LogP contribution < -0.4 is 0 Å². The van der Waals surface area contributed by atoms with Gasteiger partial charge >= 0.3 is 0 Å². The van der Waals surface area contributed by atoms with Crippen LogP contribution >= 0.6 is 12.2 Å². The van der Waals surface area contributed by atoms with Crippen molar-refractivity contribution in [3.8, 4) is 0 Å². The Morgan fingerprint density at radius 3 is 2.67 bits per heavy atom. The predicted molar refractivity (Wildman–Crippen MR) is 63.5 cm³/mol. The fourth-order valence-corrected chi connectivity index (χ4v) is 2.89. The molecule has 84 valence electrons. The van der Waals surface area contributed by atoms with E-state index in [9.17, 15) is 0 Å². The molecular weight excluding hydrogens is 206 g/mol. The molecule has 4 heteroatoms. The van der Waals surface area contributed by atoms with Gasteiger partial charge in [-0.1, -0.05) is 26.2 Å². The predicted octanol–water partition coefficient (Wildman–Crippen LogP) is 3.18. The van der Waals surface area contributed by atoms with Crippen LogP contribution in [-0.2, 0) is 12.0 Å². The van der Waals surface area contributed by atoms with Crippen LogP contribution in [0.25, 0.3) is 0 Å². The molecule has 0 amide bonds. The molecular formula is C11H19N3S. The number of nitrogens with one attached hydrogen (secondary N) is 1. The quantitative estimate of drug-likeness (QED) is 0.784. The first-order valence-corrected chi connectivity index (χ1v) is 6.24. The zero-order valence-electron chi connectivity index (χ0n) is 9.55. The molecule has 0 radical (unpaired) electrons. The van der Waals surface area contributed by atoms with Crippen molar-refractivity contribution >= 4 is 12.2 Å². The van der Waals surface area contributed by atoms with Crippen LogP contribution in [-0.4, -0.2) is 14.8 Å². The fraction of sp³-hybridized carbons (Fsp3) is 0.818. The Bertz CT molecular complexity index is 385. The number of aromatic nitrogens is 3. The van der Waals surface area contributed by atoms with Crippen molar-refractivity contribution in [2.45, 2.75) is 57.9 Å². The van der Waals surface area contributed by atoms with Gasteiger partial charge in [-0.15, -0.1) is 0 Å². The summed E-state index contributed by atoms with van der Waals surface area (Å²) in [6.07, 6.45) is 6.49. The lowest BCUT2D eigenvalue weighted by molar-refractivity contribution is 0.294. The maximum atomic E-state index is 5.24. The van der Waals surface area contributed by atoms with E-state index in [1.807, 2.05) is 0 Å². The Morgan fingerprint density at radius 1 is 1.40 bits per heavy atom. The molecule has 1 aliphatic rings.